The molecule has 1 aromatic carbocycles. The van der Waals surface area contributed by atoms with E-state index in [2.05, 4.69) is 41.8 Å². The first-order valence-corrected chi connectivity index (χ1v) is 9.48. The molecule has 0 saturated heterocycles. The van der Waals surface area contributed by atoms with Crippen LogP contribution >= 0.6 is 11.3 Å². The Labute approximate surface area is 157 Å². The Hall–Kier alpha value is -2.38. The van der Waals surface area contributed by atoms with Gasteiger partial charge in [-0.15, -0.1) is 0 Å². The van der Waals surface area contributed by atoms with Crippen molar-refractivity contribution in [2.24, 2.45) is 0 Å². The van der Waals surface area contributed by atoms with Crippen molar-refractivity contribution in [3.8, 4) is 11.3 Å². The summed E-state index contributed by atoms with van der Waals surface area (Å²) in [7, 11) is 3.32. The van der Waals surface area contributed by atoms with E-state index < -0.39 is 0 Å². The number of rotatable bonds is 7. The zero-order valence-electron chi connectivity index (χ0n) is 15.5. The summed E-state index contributed by atoms with van der Waals surface area (Å²) in [5.41, 5.74) is 4.12. The molecular formula is C19H24N4O2S. The number of hydrogen-bond acceptors (Lipinski definition) is 5. The summed E-state index contributed by atoms with van der Waals surface area (Å²) >= 11 is 1.40. The Morgan fingerprint density at radius 3 is 2.65 bits per heavy atom. The number of benzene rings is 1. The van der Waals surface area contributed by atoms with Crippen molar-refractivity contribution in [3.63, 3.8) is 0 Å². The van der Waals surface area contributed by atoms with Gasteiger partial charge in [-0.25, -0.2) is 4.98 Å². The van der Waals surface area contributed by atoms with Gasteiger partial charge in [-0.1, -0.05) is 42.5 Å². The van der Waals surface area contributed by atoms with Crippen LogP contribution in [0.3, 0.4) is 0 Å². The van der Waals surface area contributed by atoms with Crippen molar-refractivity contribution in [3.05, 3.63) is 40.4 Å². The van der Waals surface area contributed by atoms with Gasteiger partial charge in [-0.3, -0.25) is 9.20 Å². The van der Waals surface area contributed by atoms with Gasteiger partial charge in [0, 0.05) is 32.0 Å². The highest BCUT2D eigenvalue weighted by Gasteiger charge is 2.22. The van der Waals surface area contributed by atoms with E-state index >= 15 is 0 Å². The van der Waals surface area contributed by atoms with Crippen LogP contribution in [0.5, 0.6) is 0 Å². The van der Waals surface area contributed by atoms with E-state index in [4.69, 9.17) is 9.72 Å². The molecule has 7 heteroatoms. The molecule has 3 aromatic rings. The third-order valence-electron chi connectivity index (χ3n) is 4.37. The van der Waals surface area contributed by atoms with Crippen molar-refractivity contribution in [1.82, 2.24) is 14.7 Å². The monoisotopic (exact) mass is 372 g/mol. The van der Waals surface area contributed by atoms with Gasteiger partial charge in [0.05, 0.1) is 6.61 Å². The maximum absolute atomic E-state index is 12.1. The largest absolute Gasteiger partial charge is 0.383 e. The number of nitrogens with zero attached hydrogens (tertiary/aromatic N) is 2. The van der Waals surface area contributed by atoms with Crippen molar-refractivity contribution < 1.29 is 9.53 Å². The quantitative estimate of drug-likeness (QED) is 0.624. The number of carbonyl (C=O) groups is 1. The first-order valence-electron chi connectivity index (χ1n) is 8.66. The second-order valence-electron chi connectivity index (χ2n) is 5.99. The number of anilines is 1. The van der Waals surface area contributed by atoms with Crippen LogP contribution in [0.1, 0.15) is 27.9 Å². The normalized spacial score (nSPS) is 11.1. The molecule has 0 bridgehead atoms. The van der Waals surface area contributed by atoms with Crippen molar-refractivity contribution in [1.29, 1.82) is 0 Å². The number of nitrogens with one attached hydrogen (secondary N) is 2. The summed E-state index contributed by atoms with van der Waals surface area (Å²) in [6, 6.07) is 8.46. The number of aryl methyl sites for hydroxylation is 2. The predicted molar refractivity (Wildman–Crippen MR) is 106 cm³/mol. The molecule has 138 valence electrons. The number of fused-ring (bicyclic) bond motifs is 1. The minimum atomic E-state index is -0.0882. The average Bonchev–Trinajstić information content (AvgIpc) is 3.18. The van der Waals surface area contributed by atoms with Gasteiger partial charge in [0.2, 0.25) is 0 Å². The number of carbonyl (C=O) groups excluding carboxylic acids is 1. The number of hydrogen-bond donors (Lipinski definition) is 2. The molecule has 0 aliphatic heterocycles. The molecule has 6 nitrogen and oxygen atoms in total. The number of aromatic nitrogens is 2. The first-order chi connectivity index (χ1) is 12.6. The van der Waals surface area contributed by atoms with Crippen molar-refractivity contribution in [2.45, 2.75) is 20.3 Å². The van der Waals surface area contributed by atoms with Crippen LogP contribution in [-0.4, -0.2) is 42.6 Å². The number of amides is 1. The van der Waals surface area contributed by atoms with E-state index in [0.717, 1.165) is 34.2 Å². The van der Waals surface area contributed by atoms with E-state index in [-0.39, 0.29) is 5.91 Å². The maximum atomic E-state index is 12.1. The minimum Gasteiger partial charge on any atom is -0.383 e. The zero-order valence-corrected chi connectivity index (χ0v) is 16.4. The molecule has 0 aliphatic rings. The first kappa shape index (κ1) is 18.4. The number of ether oxygens (including phenoxy) is 1. The molecule has 2 aromatic heterocycles. The van der Waals surface area contributed by atoms with Gasteiger partial charge in [0.15, 0.2) is 4.96 Å². The second-order valence-corrected chi connectivity index (χ2v) is 6.97. The standard InChI is InChI=1S/C19H24N4O2S/c1-5-13-6-8-14(9-7-13)15-17(21-10-11-25-4)23-12(2)16(18(24)20-3)26-19(23)22-15/h6-9,21H,5,10-11H2,1-4H3,(H,20,24). The van der Waals surface area contributed by atoms with Crippen LogP contribution in [0.4, 0.5) is 5.82 Å². The molecule has 0 radical (unpaired) electrons. The maximum Gasteiger partial charge on any atom is 0.263 e. The van der Waals surface area contributed by atoms with Gasteiger partial charge in [-0.2, -0.15) is 0 Å². The van der Waals surface area contributed by atoms with E-state index in [0.29, 0.717) is 18.0 Å². The van der Waals surface area contributed by atoms with E-state index in [1.165, 1.54) is 16.9 Å². The molecule has 2 N–H and O–H groups in total. The Balaban J connectivity index is 2.11. The van der Waals surface area contributed by atoms with Gasteiger partial charge >= 0.3 is 0 Å². The van der Waals surface area contributed by atoms with E-state index in [1.807, 2.05) is 11.3 Å². The summed E-state index contributed by atoms with van der Waals surface area (Å²) in [6.45, 7) is 5.34. The Bertz CT molecular complexity index is 912. The predicted octanol–water partition coefficient (Wildman–Crippen LogP) is 3.35. The van der Waals surface area contributed by atoms with Gasteiger partial charge in [0.1, 0.15) is 16.4 Å². The van der Waals surface area contributed by atoms with Crippen LogP contribution in [-0.2, 0) is 11.2 Å². The number of thiazole rings is 1. The van der Waals surface area contributed by atoms with Crippen LogP contribution < -0.4 is 10.6 Å². The highest BCUT2D eigenvalue weighted by atomic mass is 32.1. The van der Waals surface area contributed by atoms with Crippen LogP contribution in [0.2, 0.25) is 0 Å². The summed E-state index contributed by atoms with van der Waals surface area (Å²) in [4.78, 5) is 18.4. The fourth-order valence-electron chi connectivity index (χ4n) is 2.90. The molecule has 0 aliphatic carbocycles. The lowest BCUT2D eigenvalue weighted by Crippen LogP contribution is -2.18. The smallest absolute Gasteiger partial charge is 0.263 e. The zero-order chi connectivity index (χ0) is 18.7. The fourth-order valence-corrected chi connectivity index (χ4v) is 3.98. The van der Waals surface area contributed by atoms with E-state index in [1.54, 1.807) is 14.2 Å². The number of imidazole rings is 1. The molecule has 0 spiro atoms. The van der Waals surface area contributed by atoms with Crippen molar-refractivity contribution in [2.75, 3.05) is 32.6 Å². The van der Waals surface area contributed by atoms with Crippen LogP contribution in [0.15, 0.2) is 24.3 Å². The molecule has 1 amide bonds. The third kappa shape index (κ3) is 3.32. The molecule has 0 unspecified atom stereocenters. The summed E-state index contributed by atoms with van der Waals surface area (Å²) < 4.78 is 7.19. The Morgan fingerprint density at radius 1 is 1.31 bits per heavy atom. The summed E-state index contributed by atoms with van der Waals surface area (Å²) in [5.74, 6) is 0.805. The highest BCUT2D eigenvalue weighted by Crippen LogP contribution is 2.34. The van der Waals surface area contributed by atoms with Gasteiger partial charge in [0.25, 0.3) is 5.91 Å². The molecule has 0 fully saturated rings. The average molecular weight is 372 g/mol. The lowest BCUT2D eigenvalue weighted by molar-refractivity contribution is 0.0966. The molecule has 3 rings (SSSR count). The lowest BCUT2D eigenvalue weighted by Gasteiger charge is -2.09. The Morgan fingerprint density at radius 2 is 2.04 bits per heavy atom. The summed E-state index contributed by atoms with van der Waals surface area (Å²) in [5, 5.41) is 6.12. The highest BCUT2D eigenvalue weighted by molar-refractivity contribution is 7.19. The van der Waals surface area contributed by atoms with Gasteiger partial charge in [-0.05, 0) is 18.9 Å². The molecular weight excluding hydrogens is 348 g/mol. The lowest BCUT2D eigenvalue weighted by atomic mass is 10.1. The second kappa shape index (κ2) is 7.88. The number of methoxy groups -OCH3 is 1. The summed E-state index contributed by atoms with van der Waals surface area (Å²) in [6.07, 6.45) is 1.01. The molecule has 0 saturated carbocycles. The van der Waals surface area contributed by atoms with Crippen molar-refractivity contribution >= 4 is 28.0 Å². The SMILES string of the molecule is CCc1ccc(-c2nc3sc(C(=O)NC)c(C)n3c2NCCOC)cc1. The van der Waals surface area contributed by atoms with E-state index in [9.17, 15) is 4.79 Å². The molecule has 26 heavy (non-hydrogen) atoms. The molecule has 2 heterocycles. The minimum absolute atomic E-state index is 0.0882. The third-order valence-corrected chi connectivity index (χ3v) is 5.51. The van der Waals surface area contributed by atoms with Crippen LogP contribution in [0, 0.1) is 6.92 Å². The molecule has 0 atom stereocenters. The Kier molecular flexibility index (Phi) is 5.58. The topological polar surface area (TPSA) is 67.7 Å². The van der Waals surface area contributed by atoms with Crippen LogP contribution in [0.25, 0.3) is 16.2 Å². The van der Waals surface area contributed by atoms with Gasteiger partial charge < -0.3 is 15.4 Å². The fraction of sp³-hybridized carbons (Fsp3) is 0.368.